The molecule has 0 atom stereocenters. The quantitative estimate of drug-likeness (QED) is 0.765. The summed E-state index contributed by atoms with van der Waals surface area (Å²) in [6.07, 6.45) is 2.01. The van der Waals surface area contributed by atoms with Crippen LogP contribution in [0.5, 0.6) is 5.75 Å². The molecule has 68 valence electrons. The second kappa shape index (κ2) is 4.66. The molecule has 0 aliphatic rings. The third-order valence-corrected chi connectivity index (χ3v) is 0.902. The van der Waals surface area contributed by atoms with E-state index in [9.17, 15) is 13.6 Å². The molecule has 0 radical (unpaired) electrons. The highest BCUT2D eigenvalue weighted by molar-refractivity contribution is 5.85. The van der Waals surface area contributed by atoms with Gasteiger partial charge in [-0.1, -0.05) is 0 Å². The van der Waals surface area contributed by atoms with Crippen LogP contribution in [0.4, 0.5) is 8.78 Å². The first kappa shape index (κ1) is 10.8. The van der Waals surface area contributed by atoms with Crippen molar-refractivity contribution >= 4 is 12.4 Å². The molecule has 7 heteroatoms. The number of aromatic nitrogens is 2. The second-order valence-electron chi connectivity index (χ2n) is 1.62. The van der Waals surface area contributed by atoms with E-state index < -0.39 is 17.9 Å². The Bertz CT molecular complexity index is 291. The first-order valence-electron chi connectivity index (χ1n) is 2.67. The van der Waals surface area contributed by atoms with Gasteiger partial charge in [0.05, 0.1) is 12.5 Å². The molecule has 1 heterocycles. The lowest BCUT2D eigenvalue weighted by Crippen LogP contribution is -2.14. The van der Waals surface area contributed by atoms with Gasteiger partial charge in [0, 0.05) is 0 Å². The minimum Gasteiger partial charge on any atom is -0.427 e. The topological polar surface area (TPSA) is 55.0 Å². The zero-order valence-electron chi connectivity index (χ0n) is 5.66. The number of ether oxygens (including phenoxy) is 1. The average Bonchev–Trinajstić information content (AvgIpc) is 1.93. The Balaban J connectivity index is 0.00000121. The number of hydrogen-bond donors (Lipinski definition) is 1. The zero-order chi connectivity index (χ0) is 8.27. The summed E-state index contributed by atoms with van der Waals surface area (Å²) in [6.45, 7) is -3.00. The molecule has 0 amide bonds. The monoisotopic (exact) mass is 198 g/mol. The van der Waals surface area contributed by atoms with Crippen LogP contribution >= 0.6 is 12.4 Å². The number of aromatic amines is 1. The first-order valence-corrected chi connectivity index (χ1v) is 2.67. The number of H-pyrrole nitrogens is 1. The standard InChI is InChI=1S/C5H4F2N2O2.ClH/c6-5(7)11-3-1-8-2-9-4(3)10;/h1-2,5H,(H,8,9,10);1H. The van der Waals surface area contributed by atoms with E-state index in [4.69, 9.17) is 0 Å². The van der Waals surface area contributed by atoms with E-state index in [1.165, 1.54) is 0 Å². The van der Waals surface area contributed by atoms with Crippen LogP contribution in [-0.4, -0.2) is 16.6 Å². The number of halogens is 3. The summed E-state index contributed by atoms with van der Waals surface area (Å²) >= 11 is 0. The first-order chi connectivity index (χ1) is 5.20. The Morgan fingerprint density at radius 2 is 2.25 bits per heavy atom. The summed E-state index contributed by atoms with van der Waals surface area (Å²) in [4.78, 5) is 16.1. The summed E-state index contributed by atoms with van der Waals surface area (Å²) in [5.74, 6) is -0.484. The number of rotatable bonds is 2. The molecule has 0 unspecified atom stereocenters. The third-order valence-electron chi connectivity index (χ3n) is 0.902. The minimum absolute atomic E-state index is 0. The van der Waals surface area contributed by atoms with Crippen molar-refractivity contribution in [3.63, 3.8) is 0 Å². The highest BCUT2D eigenvalue weighted by Crippen LogP contribution is 2.02. The molecule has 4 nitrogen and oxygen atoms in total. The van der Waals surface area contributed by atoms with Crippen LogP contribution in [0.3, 0.4) is 0 Å². The van der Waals surface area contributed by atoms with Crippen LogP contribution in [0.2, 0.25) is 0 Å². The Kier molecular flexibility index (Phi) is 4.20. The molecule has 0 spiro atoms. The molecule has 1 aromatic rings. The van der Waals surface area contributed by atoms with Gasteiger partial charge in [0.2, 0.25) is 5.75 Å². The Labute approximate surface area is 72.0 Å². The predicted molar refractivity (Wildman–Crippen MR) is 38.7 cm³/mol. The molecule has 12 heavy (non-hydrogen) atoms. The van der Waals surface area contributed by atoms with E-state index in [1.54, 1.807) is 0 Å². The fraction of sp³-hybridized carbons (Fsp3) is 0.200. The van der Waals surface area contributed by atoms with Crippen molar-refractivity contribution in [2.75, 3.05) is 0 Å². The lowest BCUT2D eigenvalue weighted by molar-refractivity contribution is -0.0511. The predicted octanol–water partition coefficient (Wildman–Crippen LogP) is 0.793. The molecular weight excluding hydrogens is 194 g/mol. The van der Waals surface area contributed by atoms with Gasteiger partial charge in [-0.15, -0.1) is 12.4 Å². The fourth-order valence-electron chi connectivity index (χ4n) is 0.511. The van der Waals surface area contributed by atoms with Gasteiger partial charge in [0.15, 0.2) is 0 Å². The van der Waals surface area contributed by atoms with Gasteiger partial charge in [0.1, 0.15) is 0 Å². The molecule has 0 fully saturated rings. The van der Waals surface area contributed by atoms with E-state index in [1.807, 2.05) is 0 Å². The lowest BCUT2D eigenvalue weighted by atomic mass is 10.6. The van der Waals surface area contributed by atoms with E-state index >= 15 is 0 Å². The molecular formula is C5H5ClF2N2O2. The summed E-state index contributed by atoms with van der Waals surface area (Å²) in [5.41, 5.74) is -0.722. The van der Waals surface area contributed by atoms with E-state index in [0.717, 1.165) is 12.5 Å². The molecule has 1 aromatic heterocycles. The van der Waals surface area contributed by atoms with E-state index in [-0.39, 0.29) is 12.4 Å². The number of alkyl halides is 2. The Morgan fingerprint density at radius 1 is 1.58 bits per heavy atom. The smallest absolute Gasteiger partial charge is 0.387 e. The molecule has 0 aliphatic heterocycles. The van der Waals surface area contributed by atoms with E-state index in [0.29, 0.717) is 0 Å². The van der Waals surface area contributed by atoms with Crippen molar-refractivity contribution in [3.8, 4) is 5.75 Å². The molecule has 0 bridgehead atoms. The largest absolute Gasteiger partial charge is 0.427 e. The fourth-order valence-corrected chi connectivity index (χ4v) is 0.511. The van der Waals surface area contributed by atoms with Gasteiger partial charge >= 0.3 is 6.61 Å². The van der Waals surface area contributed by atoms with Crippen molar-refractivity contribution in [1.29, 1.82) is 0 Å². The van der Waals surface area contributed by atoms with Gasteiger partial charge in [-0.3, -0.25) is 4.79 Å². The van der Waals surface area contributed by atoms with Gasteiger partial charge in [-0.05, 0) is 0 Å². The molecule has 1 N–H and O–H groups in total. The van der Waals surface area contributed by atoms with Gasteiger partial charge < -0.3 is 9.72 Å². The number of hydrogen-bond acceptors (Lipinski definition) is 3. The van der Waals surface area contributed by atoms with Gasteiger partial charge in [-0.25, -0.2) is 4.98 Å². The Hall–Kier alpha value is -1.17. The highest BCUT2D eigenvalue weighted by Gasteiger charge is 2.06. The Morgan fingerprint density at radius 3 is 2.75 bits per heavy atom. The maximum Gasteiger partial charge on any atom is 0.387 e. The number of nitrogens with one attached hydrogen (secondary N) is 1. The van der Waals surface area contributed by atoms with Crippen molar-refractivity contribution in [2.24, 2.45) is 0 Å². The van der Waals surface area contributed by atoms with Crippen LogP contribution in [-0.2, 0) is 0 Å². The molecule has 0 saturated heterocycles. The van der Waals surface area contributed by atoms with Crippen LogP contribution in [0.15, 0.2) is 17.3 Å². The minimum atomic E-state index is -3.00. The van der Waals surface area contributed by atoms with Crippen molar-refractivity contribution in [3.05, 3.63) is 22.9 Å². The summed E-state index contributed by atoms with van der Waals surface area (Å²) in [6, 6.07) is 0. The highest BCUT2D eigenvalue weighted by atomic mass is 35.5. The second-order valence-corrected chi connectivity index (χ2v) is 1.62. The van der Waals surface area contributed by atoms with Crippen LogP contribution in [0.1, 0.15) is 0 Å². The summed E-state index contributed by atoms with van der Waals surface area (Å²) < 4.78 is 26.8. The van der Waals surface area contributed by atoms with Crippen LogP contribution in [0, 0.1) is 0 Å². The average molecular weight is 199 g/mol. The van der Waals surface area contributed by atoms with Gasteiger partial charge in [-0.2, -0.15) is 8.78 Å². The molecule has 0 saturated carbocycles. The molecule has 0 aliphatic carbocycles. The SMILES string of the molecule is Cl.O=c1[nH]cncc1OC(F)F. The third kappa shape index (κ3) is 2.83. The normalized spacial score (nSPS) is 9.25. The molecule has 1 rings (SSSR count). The van der Waals surface area contributed by atoms with Crippen molar-refractivity contribution in [2.45, 2.75) is 6.61 Å². The van der Waals surface area contributed by atoms with Crippen LogP contribution < -0.4 is 10.3 Å². The maximum atomic E-state index is 11.5. The maximum absolute atomic E-state index is 11.5. The van der Waals surface area contributed by atoms with Crippen molar-refractivity contribution in [1.82, 2.24) is 9.97 Å². The summed E-state index contributed by atoms with van der Waals surface area (Å²) in [5, 5.41) is 0. The van der Waals surface area contributed by atoms with Gasteiger partial charge in [0.25, 0.3) is 5.56 Å². The summed E-state index contributed by atoms with van der Waals surface area (Å²) in [7, 11) is 0. The zero-order valence-corrected chi connectivity index (χ0v) is 6.48. The van der Waals surface area contributed by atoms with Crippen molar-refractivity contribution < 1.29 is 13.5 Å². The van der Waals surface area contributed by atoms with Crippen LogP contribution in [0.25, 0.3) is 0 Å². The lowest BCUT2D eigenvalue weighted by Gasteiger charge is -1.99. The molecule has 0 aromatic carbocycles. The number of nitrogens with zero attached hydrogens (tertiary/aromatic N) is 1. The van der Waals surface area contributed by atoms with E-state index in [2.05, 4.69) is 14.7 Å².